The van der Waals surface area contributed by atoms with E-state index in [-0.39, 0.29) is 65.5 Å². The first kappa shape index (κ1) is 28.6. The SMILES string of the molecule is CCCCCCCCCCCC(CC(=O)O)C(=O)ON1C=NCC1.[NaH].[NaH]. The Bertz CT molecular complexity index is 409. The Kier molecular flexibility index (Phi) is 20.6. The fourth-order valence-electron chi connectivity index (χ4n) is 2.84. The summed E-state index contributed by atoms with van der Waals surface area (Å²) in [7, 11) is 0. The van der Waals surface area contributed by atoms with Crippen LogP contribution in [-0.2, 0) is 14.4 Å². The molecule has 0 aromatic heterocycles. The van der Waals surface area contributed by atoms with E-state index in [1.54, 1.807) is 0 Å². The minimum absolute atomic E-state index is 0. The zero-order valence-electron chi connectivity index (χ0n) is 14.9. The molecule has 26 heavy (non-hydrogen) atoms. The number of carbonyl (C=O) groups excluding carboxylic acids is 1. The minimum atomic E-state index is -0.956. The van der Waals surface area contributed by atoms with Crippen LogP contribution in [0.2, 0.25) is 0 Å². The summed E-state index contributed by atoms with van der Waals surface area (Å²) in [6.45, 7) is 3.37. The van der Waals surface area contributed by atoms with Crippen LogP contribution in [0, 0.1) is 5.92 Å². The Morgan fingerprint density at radius 1 is 1.08 bits per heavy atom. The fraction of sp³-hybridized carbons (Fsp3) is 0.833. The van der Waals surface area contributed by atoms with Crippen LogP contribution < -0.4 is 0 Å². The number of nitrogens with zero attached hydrogens (tertiary/aromatic N) is 2. The summed E-state index contributed by atoms with van der Waals surface area (Å²) in [5.74, 6) is -1.98. The first-order valence-corrected chi connectivity index (χ1v) is 9.33. The van der Waals surface area contributed by atoms with Crippen LogP contribution in [0.4, 0.5) is 0 Å². The molecule has 0 radical (unpaired) electrons. The average Bonchev–Trinajstić information content (AvgIpc) is 3.04. The van der Waals surface area contributed by atoms with E-state index < -0.39 is 17.9 Å². The zero-order valence-corrected chi connectivity index (χ0v) is 14.9. The van der Waals surface area contributed by atoms with Gasteiger partial charge in [0.25, 0.3) is 0 Å². The first-order valence-electron chi connectivity index (χ1n) is 9.33. The summed E-state index contributed by atoms with van der Waals surface area (Å²) < 4.78 is 0. The summed E-state index contributed by atoms with van der Waals surface area (Å²) in [6.07, 6.45) is 12.7. The van der Waals surface area contributed by atoms with Crippen molar-refractivity contribution in [1.82, 2.24) is 5.06 Å². The van der Waals surface area contributed by atoms with Gasteiger partial charge in [0.2, 0.25) is 0 Å². The first-order chi connectivity index (χ1) is 11.6. The van der Waals surface area contributed by atoms with Crippen LogP contribution in [0.5, 0.6) is 0 Å². The van der Waals surface area contributed by atoms with Gasteiger partial charge >= 0.3 is 71.1 Å². The van der Waals surface area contributed by atoms with Gasteiger partial charge < -0.3 is 9.94 Å². The molecule has 142 valence electrons. The second-order valence-electron chi connectivity index (χ2n) is 6.48. The third kappa shape index (κ3) is 14.5. The molecule has 1 aliphatic rings. The molecule has 6 nitrogen and oxygen atoms in total. The molecule has 1 N–H and O–H groups in total. The maximum atomic E-state index is 12.1. The number of carboxylic acids is 1. The maximum absolute atomic E-state index is 12.1. The van der Waals surface area contributed by atoms with E-state index >= 15 is 0 Å². The number of carbonyl (C=O) groups is 2. The third-order valence-electron chi connectivity index (χ3n) is 4.28. The number of carboxylic acid groups (broad SMARTS) is 1. The Labute approximate surface area is 202 Å². The molecular weight excluding hydrogens is 354 g/mol. The predicted octanol–water partition coefficient (Wildman–Crippen LogP) is 2.50. The van der Waals surface area contributed by atoms with Gasteiger partial charge in [0.15, 0.2) is 0 Å². The van der Waals surface area contributed by atoms with E-state index in [1.807, 2.05) is 0 Å². The van der Waals surface area contributed by atoms with Gasteiger partial charge in [0, 0.05) is 0 Å². The van der Waals surface area contributed by atoms with Gasteiger partial charge in [-0.25, -0.2) is 4.79 Å². The van der Waals surface area contributed by atoms with E-state index in [9.17, 15) is 9.59 Å². The molecule has 1 unspecified atom stereocenters. The van der Waals surface area contributed by atoms with Gasteiger partial charge in [-0.3, -0.25) is 9.79 Å². The van der Waals surface area contributed by atoms with Crippen molar-refractivity contribution >= 4 is 77.4 Å². The molecule has 1 aliphatic heterocycles. The molecule has 0 aromatic rings. The molecule has 0 saturated carbocycles. The van der Waals surface area contributed by atoms with Gasteiger partial charge in [0.05, 0.1) is 25.4 Å². The zero-order chi connectivity index (χ0) is 17.6. The monoisotopic (exact) mass is 388 g/mol. The van der Waals surface area contributed by atoms with Crippen molar-refractivity contribution < 1.29 is 19.5 Å². The molecule has 1 atom stereocenters. The van der Waals surface area contributed by atoms with Crippen molar-refractivity contribution in [3.63, 3.8) is 0 Å². The van der Waals surface area contributed by atoms with Crippen molar-refractivity contribution in [2.75, 3.05) is 13.1 Å². The second kappa shape index (κ2) is 18.8. The van der Waals surface area contributed by atoms with Gasteiger partial charge in [-0.2, -0.15) is 5.06 Å². The van der Waals surface area contributed by atoms with E-state index in [1.165, 1.54) is 49.9 Å². The van der Waals surface area contributed by atoms with Crippen LogP contribution >= 0.6 is 0 Å². The molecule has 0 saturated heterocycles. The van der Waals surface area contributed by atoms with Gasteiger partial charge in [-0.1, -0.05) is 64.7 Å². The number of hydroxylamine groups is 2. The number of hydrogen-bond acceptors (Lipinski definition) is 5. The van der Waals surface area contributed by atoms with Crippen molar-refractivity contribution in [1.29, 1.82) is 0 Å². The average molecular weight is 388 g/mol. The molecule has 0 amide bonds. The summed E-state index contributed by atoms with van der Waals surface area (Å²) in [5.41, 5.74) is 0. The topological polar surface area (TPSA) is 79.2 Å². The Morgan fingerprint density at radius 2 is 1.65 bits per heavy atom. The van der Waals surface area contributed by atoms with Crippen LogP contribution in [-0.4, -0.2) is 101 Å². The van der Waals surface area contributed by atoms with Crippen LogP contribution in [0.3, 0.4) is 0 Å². The van der Waals surface area contributed by atoms with Gasteiger partial charge in [0.1, 0.15) is 6.34 Å². The summed E-state index contributed by atoms with van der Waals surface area (Å²) in [5, 5.41) is 10.4. The molecule has 1 heterocycles. The molecule has 1 rings (SSSR count). The number of aliphatic imine (C=N–C) groups is 1. The molecule has 0 aliphatic carbocycles. The Balaban J connectivity index is 0. The number of rotatable bonds is 14. The van der Waals surface area contributed by atoms with E-state index in [4.69, 9.17) is 9.94 Å². The van der Waals surface area contributed by atoms with Gasteiger partial charge in [-0.05, 0) is 6.42 Å². The second-order valence-corrected chi connectivity index (χ2v) is 6.48. The Morgan fingerprint density at radius 3 is 2.15 bits per heavy atom. The molecule has 0 fully saturated rings. The summed E-state index contributed by atoms with van der Waals surface area (Å²) in [6, 6.07) is 0. The summed E-state index contributed by atoms with van der Waals surface area (Å²) in [4.78, 5) is 32.2. The predicted molar refractivity (Wildman–Crippen MR) is 108 cm³/mol. The molecule has 0 bridgehead atoms. The molecule has 8 heteroatoms. The van der Waals surface area contributed by atoms with E-state index in [0.717, 1.165) is 19.3 Å². The number of unbranched alkanes of at least 4 members (excludes halogenated alkanes) is 8. The van der Waals surface area contributed by atoms with Crippen LogP contribution in [0.25, 0.3) is 0 Å². The normalized spacial score (nSPS) is 13.7. The van der Waals surface area contributed by atoms with Crippen molar-refractivity contribution in [3.8, 4) is 0 Å². The third-order valence-corrected chi connectivity index (χ3v) is 4.28. The summed E-state index contributed by atoms with van der Waals surface area (Å²) >= 11 is 0. The quantitative estimate of drug-likeness (QED) is 0.365. The van der Waals surface area contributed by atoms with E-state index in [0.29, 0.717) is 19.5 Å². The van der Waals surface area contributed by atoms with Crippen LogP contribution in [0.1, 0.15) is 77.6 Å². The van der Waals surface area contributed by atoms with Gasteiger partial charge in [-0.15, -0.1) is 0 Å². The molecule has 0 aromatic carbocycles. The van der Waals surface area contributed by atoms with Crippen LogP contribution in [0.15, 0.2) is 4.99 Å². The molecular formula is C18H34N2Na2O4. The number of hydrogen-bond donors (Lipinski definition) is 1. The molecule has 0 spiro atoms. The number of aliphatic carboxylic acids is 1. The fourth-order valence-corrected chi connectivity index (χ4v) is 2.84. The standard InChI is InChI=1S/C18H32N2O4.2Na.2H/c1-2-3-4-5-6-7-8-9-10-11-16(14-17(21)22)18(23)24-20-13-12-19-15-20;;;;/h15-16H,2-14H2,1H3,(H,21,22);;;;. The van der Waals surface area contributed by atoms with Crippen molar-refractivity contribution in [3.05, 3.63) is 0 Å². The van der Waals surface area contributed by atoms with Crippen molar-refractivity contribution in [2.24, 2.45) is 10.9 Å². The Hall–Kier alpha value is 0.410. The van der Waals surface area contributed by atoms with Crippen molar-refractivity contribution in [2.45, 2.75) is 77.6 Å². The van der Waals surface area contributed by atoms with E-state index in [2.05, 4.69) is 11.9 Å².